The maximum Gasteiger partial charge on any atom is 0.268 e. The van der Waals surface area contributed by atoms with Crippen molar-refractivity contribution in [1.82, 2.24) is 24.5 Å². The molecule has 11 nitrogen and oxygen atoms in total. The Bertz CT molecular complexity index is 1450. The third-order valence-electron chi connectivity index (χ3n) is 7.00. The predicted octanol–water partition coefficient (Wildman–Crippen LogP) is 3.33. The summed E-state index contributed by atoms with van der Waals surface area (Å²) in [6, 6.07) is 5.94. The predicted molar refractivity (Wildman–Crippen MR) is 145 cm³/mol. The van der Waals surface area contributed by atoms with Gasteiger partial charge in [-0.15, -0.1) is 5.10 Å². The lowest BCUT2D eigenvalue weighted by Crippen LogP contribution is -2.44. The first-order chi connectivity index (χ1) is 17.8. The van der Waals surface area contributed by atoms with Crippen molar-refractivity contribution in [2.75, 3.05) is 23.8 Å². The summed E-state index contributed by atoms with van der Waals surface area (Å²) in [5.74, 6) is 1.04. The molecule has 0 bridgehead atoms. The second-order valence-electron chi connectivity index (χ2n) is 10.6. The van der Waals surface area contributed by atoms with Crippen molar-refractivity contribution in [2.45, 2.75) is 58.4 Å². The number of rotatable bonds is 8. The van der Waals surface area contributed by atoms with Crippen LogP contribution in [0.15, 0.2) is 41.6 Å². The number of aryl methyl sites for hydroxylation is 1. The average Bonchev–Trinajstić information content (AvgIpc) is 3.35. The van der Waals surface area contributed by atoms with Crippen molar-refractivity contribution >= 4 is 27.6 Å². The van der Waals surface area contributed by atoms with Gasteiger partial charge in [-0.2, -0.15) is 0 Å². The van der Waals surface area contributed by atoms with E-state index in [1.165, 1.54) is 18.3 Å². The van der Waals surface area contributed by atoms with Crippen LogP contribution in [0.3, 0.4) is 0 Å². The number of carbonyl (C=O) groups is 1. The highest BCUT2D eigenvalue weighted by Gasteiger charge is 2.41. The number of amides is 1. The van der Waals surface area contributed by atoms with Gasteiger partial charge in [-0.3, -0.25) is 4.79 Å². The van der Waals surface area contributed by atoms with Gasteiger partial charge in [-0.05, 0) is 63.3 Å². The average molecular weight is 542 g/mol. The van der Waals surface area contributed by atoms with Crippen molar-refractivity contribution < 1.29 is 17.9 Å². The number of nitrogens with two attached hydrogens (primary N) is 1. The Morgan fingerprint density at radius 3 is 2.66 bits per heavy atom. The van der Waals surface area contributed by atoms with Crippen molar-refractivity contribution in [2.24, 2.45) is 11.8 Å². The third kappa shape index (κ3) is 5.31. The van der Waals surface area contributed by atoms with Gasteiger partial charge >= 0.3 is 0 Å². The summed E-state index contributed by atoms with van der Waals surface area (Å²) in [7, 11) is -4.26. The molecule has 3 aromatic rings. The van der Waals surface area contributed by atoms with E-state index >= 15 is 0 Å². The summed E-state index contributed by atoms with van der Waals surface area (Å²) in [5.41, 5.74) is 6.41. The van der Waals surface area contributed by atoms with E-state index in [2.05, 4.69) is 49.4 Å². The molecule has 1 unspecified atom stereocenters. The summed E-state index contributed by atoms with van der Waals surface area (Å²) in [5, 5.41) is 4.55. The molecular weight excluding hydrogens is 506 g/mol. The van der Waals surface area contributed by atoms with E-state index in [-0.39, 0.29) is 21.8 Å². The topological polar surface area (TPSA) is 145 Å². The van der Waals surface area contributed by atoms with Gasteiger partial charge in [-0.1, -0.05) is 20.8 Å². The molecule has 1 amide bonds. The maximum atomic E-state index is 13.4. The molecule has 0 saturated carbocycles. The van der Waals surface area contributed by atoms with Crippen LogP contribution in [0.25, 0.3) is 5.82 Å². The van der Waals surface area contributed by atoms with Crippen LogP contribution in [0.4, 0.5) is 11.6 Å². The first-order valence-electron chi connectivity index (χ1n) is 12.6. The lowest BCUT2D eigenvalue weighted by Gasteiger charge is -2.36. The van der Waals surface area contributed by atoms with E-state index in [1.54, 1.807) is 16.8 Å². The number of pyridine rings is 2. The van der Waals surface area contributed by atoms with Crippen molar-refractivity contribution in [1.29, 1.82) is 0 Å². The highest BCUT2D eigenvalue weighted by Crippen LogP contribution is 2.39. The Morgan fingerprint density at radius 2 is 2.03 bits per heavy atom. The van der Waals surface area contributed by atoms with Gasteiger partial charge < -0.3 is 15.4 Å². The molecule has 4 rings (SSSR count). The number of nitrogens with one attached hydrogen (secondary N) is 1. The van der Waals surface area contributed by atoms with Crippen LogP contribution in [0, 0.1) is 18.8 Å². The van der Waals surface area contributed by atoms with E-state index in [0.717, 1.165) is 12.0 Å². The molecule has 204 valence electrons. The number of sulfonamides is 1. The maximum absolute atomic E-state index is 13.4. The zero-order chi connectivity index (χ0) is 27.8. The van der Waals surface area contributed by atoms with E-state index in [4.69, 9.17) is 15.5 Å². The summed E-state index contributed by atoms with van der Waals surface area (Å²) in [6.45, 7) is 13.5. The number of hydrogen-bond acceptors (Lipinski definition) is 9. The van der Waals surface area contributed by atoms with Gasteiger partial charge in [0.2, 0.25) is 5.88 Å². The van der Waals surface area contributed by atoms with Gasteiger partial charge in [0.1, 0.15) is 16.5 Å². The molecule has 12 heteroatoms. The molecule has 0 radical (unpaired) electrons. The Hall–Kier alpha value is -3.67. The smallest absolute Gasteiger partial charge is 0.268 e. The standard InChI is InChI=1S/C26H35N7O4S/c1-16(2)15-37-25-17(3)14-33(30-25)21-10-9-19(23(29-21)32-13-11-18(4)26(32,5)6)24(34)31-38(35,36)20-8-7-12-28-22(20)27/h7-10,12,14,16,18H,11,13,15H2,1-6H3,(H2,27,28)(H,31,34). The van der Waals surface area contributed by atoms with Gasteiger partial charge in [0.25, 0.3) is 15.9 Å². The Kier molecular flexibility index (Phi) is 7.37. The third-order valence-corrected chi connectivity index (χ3v) is 8.38. The van der Waals surface area contributed by atoms with Crippen LogP contribution in [0.1, 0.15) is 57.0 Å². The number of ether oxygens (including phenoxy) is 1. The molecule has 4 heterocycles. The second-order valence-corrected chi connectivity index (χ2v) is 12.3. The number of nitrogen functional groups attached to an aromatic ring is 1. The van der Waals surface area contributed by atoms with Gasteiger partial charge in [-0.25, -0.2) is 27.8 Å². The van der Waals surface area contributed by atoms with Gasteiger partial charge in [0, 0.05) is 30.0 Å². The molecule has 3 aromatic heterocycles. The first kappa shape index (κ1) is 27.4. The van der Waals surface area contributed by atoms with Crippen LogP contribution < -0.4 is 20.1 Å². The number of anilines is 2. The minimum atomic E-state index is -4.26. The first-order valence-corrected chi connectivity index (χ1v) is 14.1. The summed E-state index contributed by atoms with van der Waals surface area (Å²) in [4.78, 5) is 23.8. The lowest BCUT2D eigenvalue weighted by atomic mass is 9.90. The number of hydrogen-bond donors (Lipinski definition) is 2. The monoisotopic (exact) mass is 541 g/mol. The second kappa shape index (κ2) is 10.2. The highest BCUT2D eigenvalue weighted by molar-refractivity contribution is 7.90. The minimum Gasteiger partial charge on any atom is -0.476 e. The molecule has 1 aliphatic rings. The zero-order valence-electron chi connectivity index (χ0n) is 22.6. The van der Waals surface area contributed by atoms with Crippen LogP contribution in [0.5, 0.6) is 5.88 Å². The zero-order valence-corrected chi connectivity index (χ0v) is 23.4. The molecule has 1 atom stereocenters. The molecule has 0 spiro atoms. The molecule has 1 aliphatic heterocycles. The van der Waals surface area contributed by atoms with Crippen LogP contribution in [0.2, 0.25) is 0 Å². The van der Waals surface area contributed by atoms with Crippen molar-refractivity contribution in [3.05, 3.63) is 47.8 Å². The Balaban J connectivity index is 1.75. The minimum absolute atomic E-state index is 0.127. The number of nitrogens with zero attached hydrogens (tertiary/aromatic N) is 5. The van der Waals surface area contributed by atoms with E-state index in [9.17, 15) is 13.2 Å². The highest BCUT2D eigenvalue weighted by atomic mass is 32.2. The van der Waals surface area contributed by atoms with E-state index < -0.39 is 15.9 Å². The number of carbonyl (C=O) groups excluding carboxylic acids is 1. The Morgan fingerprint density at radius 1 is 1.29 bits per heavy atom. The lowest BCUT2D eigenvalue weighted by molar-refractivity contribution is 0.0981. The van der Waals surface area contributed by atoms with Crippen molar-refractivity contribution in [3.8, 4) is 11.7 Å². The normalized spacial score (nSPS) is 17.1. The van der Waals surface area contributed by atoms with Crippen molar-refractivity contribution in [3.63, 3.8) is 0 Å². The van der Waals surface area contributed by atoms with Gasteiger partial charge in [0.05, 0.1) is 12.2 Å². The quantitative estimate of drug-likeness (QED) is 0.438. The van der Waals surface area contributed by atoms with Crippen LogP contribution in [-0.2, 0) is 10.0 Å². The largest absolute Gasteiger partial charge is 0.476 e. The van der Waals surface area contributed by atoms with E-state index in [0.29, 0.717) is 42.5 Å². The fraction of sp³-hybridized carbons (Fsp3) is 0.462. The molecule has 38 heavy (non-hydrogen) atoms. The summed E-state index contributed by atoms with van der Waals surface area (Å²) in [6.07, 6.45) is 4.09. The molecule has 0 aromatic carbocycles. The molecule has 1 saturated heterocycles. The summed E-state index contributed by atoms with van der Waals surface area (Å²) < 4.78 is 35.5. The molecule has 1 fully saturated rings. The van der Waals surface area contributed by atoms with Gasteiger partial charge in [0.15, 0.2) is 5.82 Å². The van der Waals surface area contributed by atoms with Crippen LogP contribution >= 0.6 is 0 Å². The fourth-order valence-electron chi connectivity index (χ4n) is 4.37. The van der Waals surface area contributed by atoms with Crippen LogP contribution in [-0.4, -0.2) is 52.8 Å². The molecule has 0 aliphatic carbocycles. The van der Waals surface area contributed by atoms with E-state index in [1.807, 2.05) is 18.0 Å². The summed E-state index contributed by atoms with van der Waals surface area (Å²) >= 11 is 0. The Labute approximate surface area is 223 Å². The fourth-order valence-corrected chi connectivity index (χ4v) is 5.42. The molecular formula is C26H35N7O4S. The SMILES string of the molecule is Cc1cn(-c2ccc(C(=O)NS(=O)(=O)c3cccnc3N)c(N3CCC(C)C3(C)C)n2)nc1OCC(C)C. The molecule has 3 N–H and O–H groups in total. The number of aromatic nitrogens is 4.